The Morgan fingerprint density at radius 2 is 2.05 bits per heavy atom. The minimum Gasteiger partial charge on any atom is -0.409 e. The molecule has 4 unspecified atom stereocenters. The fourth-order valence-electron chi connectivity index (χ4n) is 4.82. The standard InChI is InChI=1S/C16H20FN3O/c17-11-4-3-10(12(6-11)16(18)20-21)7-19-15-13-8-1-2-9(5-8)14(13)15/h3-4,6,8-9,13-15,19,21H,1-2,5,7H2,(H2,18,20). The lowest BCUT2D eigenvalue weighted by Crippen LogP contribution is -2.25. The van der Waals surface area contributed by atoms with Gasteiger partial charge in [-0.05, 0) is 60.6 Å². The van der Waals surface area contributed by atoms with Gasteiger partial charge in [-0.3, -0.25) is 0 Å². The summed E-state index contributed by atoms with van der Waals surface area (Å²) in [5.41, 5.74) is 6.99. The van der Waals surface area contributed by atoms with Crippen LogP contribution in [0, 0.1) is 29.5 Å². The zero-order valence-corrected chi connectivity index (χ0v) is 11.8. The Hall–Kier alpha value is -1.62. The lowest BCUT2D eigenvalue weighted by atomic mass is 10.0. The molecular weight excluding hydrogens is 269 g/mol. The Morgan fingerprint density at radius 3 is 2.71 bits per heavy atom. The smallest absolute Gasteiger partial charge is 0.170 e. The molecule has 1 aromatic rings. The first-order chi connectivity index (χ1) is 10.2. The number of nitrogens with one attached hydrogen (secondary N) is 1. The minimum atomic E-state index is -0.373. The van der Waals surface area contributed by atoms with Crippen LogP contribution in [0.5, 0.6) is 0 Å². The van der Waals surface area contributed by atoms with Crippen molar-refractivity contribution in [2.24, 2.45) is 34.6 Å². The average molecular weight is 289 g/mol. The monoisotopic (exact) mass is 289 g/mol. The summed E-state index contributed by atoms with van der Waals surface area (Å²) in [6.07, 6.45) is 4.23. The molecule has 5 heteroatoms. The number of rotatable bonds is 4. The van der Waals surface area contributed by atoms with Crippen molar-refractivity contribution < 1.29 is 9.60 Å². The van der Waals surface area contributed by atoms with Gasteiger partial charge < -0.3 is 16.3 Å². The maximum Gasteiger partial charge on any atom is 0.170 e. The Morgan fingerprint density at radius 1 is 1.33 bits per heavy atom. The van der Waals surface area contributed by atoms with E-state index >= 15 is 0 Å². The Bertz CT molecular complexity index is 587. The highest BCUT2D eigenvalue weighted by molar-refractivity contribution is 5.98. The van der Waals surface area contributed by atoms with Crippen molar-refractivity contribution in [1.82, 2.24) is 5.32 Å². The van der Waals surface area contributed by atoms with Crippen molar-refractivity contribution in [3.05, 3.63) is 35.1 Å². The molecule has 0 amide bonds. The molecular formula is C16H20FN3O. The summed E-state index contributed by atoms with van der Waals surface area (Å²) >= 11 is 0. The van der Waals surface area contributed by atoms with Gasteiger partial charge in [-0.2, -0.15) is 0 Å². The molecule has 0 aromatic heterocycles. The van der Waals surface area contributed by atoms with Crippen LogP contribution in [0.2, 0.25) is 0 Å². The van der Waals surface area contributed by atoms with E-state index in [1.54, 1.807) is 6.07 Å². The molecule has 0 spiro atoms. The van der Waals surface area contributed by atoms with Gasteiger partial charge in [0, 0.05) is 18.2 Å². The molecule has 4 N–H and O–H groups in total. The van der Waals surface area contributed by atoms with Crippen LogP contribution in [0.4, 0.5) is 4.39 Å². The van der Waals surface area contributed by atoms with Crippen LogP contribution >= 0.6 is 0 Å². The fraction of sp³-hybridized carbons (Fsp3) is 0.562. The maximum atomic E-state index is 13.3. The van der Waals surface area contributed by atoms with Crippen molar-refractivity contribution in [3.8, 4) is 0 Å². The second kappa shape index (κ2) is 4.70. The quantitative estimate of drug-likeness (QED) is 0.344. The molecule has 0 heterocycles. The molecule has 3 aliphatic rings. The number of amidine groups is 1. The van der Waals surface area contributed by atoms with Crippen molar-refractivity contribution >= 4 is 5.84 Å². The van der Waals surface area contributed by atoms with E-state index in [0.717, 1.165) is 29.2 Å². The van der Waals surface area contributed by atoms with Crippen LogP contribution in [-0.2, 0) is 6.54 Å². The third-order valence-corrected chi connectivity index (χ3v) is 5.72. The lowest BCUT2D eigenvalue weighted by molar-refractivity contribution is 0.318. The Balaban J connectivity index is 1.46. The molecule has 21 heavy (non-hydrogen) atoms. The molecule has 4 rings (SSSR count). The highest BCUT2D eigenvalue weighted by Crippen LogP contribution is 2.65. The molecule has 2 bridgehead atoms. The first kappa shape index (κ1) is 13.1. The number of halogens is 1. The van der Waals surface area contributed by atoms with Crippen LogP contribution in [0.15, 0.2) is 23.4 Å². The van der Waals surface area contributed by atoms with Gasteiger partial charge in [-0.1, -0.05) is 11.2 Å². The zero-order chi connectivity index (χ0) is 14.6. The molecule has 0 radical (unpaired) electrons. The SMILES string of the molecule is N/C(=N/O)c1cc(F)ccc1CNC1C2C3CCC(C3)C12. The summed E-state index contributed by atoms with van der Waals surface area (Å²) in [4.78, 5) is 0. The topological polar surface area (TPSA) is 70.6 Å². The first-order valence-corrected chi connectivity index (χ1v) is 7.68. The molecule has 3 aliphatic carbocycles. The van der Waals surface area contributed by atoms with Gasteiger partial charge in [0.15, 0.2) is 5.84 Å². The van der Waals surface area contributed by atoms with Crippen molar-refractivity contribution in [1.29, 1.82) is 0 Å². The average Bonchev–Trinajstić information content (AvgIpc) is 2.88. The number of oxime groups is 1. The summed E-state index contributed by atoms with van der Waals surface area (Å²) in [7, 11) is 0. The van der Waals surface area contributed by atoms with Crippen LogP contribution in [0.1, 0.15) is 30.4 Å². The van der Waals surface area contributed by atoms with Crippen LogP contribution in [-0.4, -0.2) is 17.1 Å². The largest absolute Gasteiger partial charge is 0.409 e. The van der Waals surface area contributed by atoms with E-state index in [9.17, 15) is 4.39 Å². The van der Waals surface area contributed by atoms with E-state index in [2.05, 4.69) is 10.5 Å². The molecule has 112 valence electrons. The van der Waals surface area contributed by atoms with Gasteiger partial charge in [-0.15, -0.1) is 0 Å². The molecule has 0 saturated heterocycles. The van der Waals surface area contributed by atoms with Gasteiger partial charge >= 0.3 is 0 Å². The van der Waals surface area contributed by atoms with Gasteiger partial charge in [0.1, 0.15) is 5.82 Å². The third-order valence-electron chi connectivity index (χ3n) is 5.72. The van der Waals surface area contributed by atoms with E-state index in [1.165, 1.54) is 31.4 Å². The lowest BCUT2D eigenvalue weighted by Gasteiger charge is -2.13. The predicted octanol–water partition coefficient (Wildman–Crippen LogP) is 2.05. The number of hydrogen-bond donors (Lipinski definition) is 3. The van der Waals surface area contributed by atoms with Crippen molar-refractivity contribution in [2.45, 2.75) is 31.8 Å². The van der Waals surface area contributed by atoms with Gasteiger partial charge in [0.05, 0.1) is 0 Å². The molecule has 4 atom stereocenters. The van der Waals surface area contributed by atoms with Gasteiger partial charge in [0.2, 0.25) is 0 Å². The summed E-state index contributed by atoms with van der Waals surface area (Å²) in [6.45, 7) is 0.642. The number of nitrogens with zero attached hydrogens (tertiary/aromatic N) is 1. The molecule has 4 nitrogen and oxygen atoms in total. The molecule has 3 saturated carbocycles. The van der Waals surface area contributed by atoms with E-state index in [1.807, 2.05) is 0 Å². The Labute approximate surface area is 123 Å². The van der Waals surface area contributed by atoms with E-state index in [0.29, 0.717) is 18.2 Å². The molecule has 3 fully saturated rings. The van der Waals surface area contributed by atoms with E-state index in [-0.39, 0.29) is 11.7 Å². The molecule has 1 aromatic carbocycles. The van der Waals surface area contributed by atoms with Crippen LogP contribution in [0.3, 0.4) is 0 Å². The third kappa shape index (κ3) is 2.02. The van der Waals surface area contributed by atoms with Crippen molar-refractivity contribution in [2.75, 3.05) is 0 Å². The highest BCUT2D eigenvalue weighted by atomic mass is 19.1. The fourth-order valence-corrected chi connectivity index (χ4v) is 4.82. The van der Waals surface area contributed by atoms with E-state index < -0.39 is 0 Å². The van der Waals surface area contributed by atoms with E-state index in [4.69, 9.17) is 10.9 Å². The second-order valence-corrected chi connectivity index (χ2v) is 6.68. The highest BCUT2D eigenvalue weighted by Gasteiger charge is 2.64. The Kier molecular flexibility index (Phi) is 2.92. The summed E-state index contributed by atoms with van der Waals surface area (Å²) < 4.78 is 13.3. The number of hydrogen-bond acceptors (Lipinski definition) is 3. The van der Waals surface area contributed by atoms with Crippen LogP contribution in [0.25, 0.3) is 0 Å². The first-order valence-electron chi connectivity index (χ1n) is 7.68. The zero-order valence-electron chi connectivity index (χ0n) is 11.8. The van der Waals surface area contributed by atoms with Crippen molar-refractivity contribution in [3.63, 3.8) is 0 Å². The minimum absolute atomic E-state index is 0.0395. The summed E-state index contributed by atoms with van der Waals surface area (Å²) in [6, 6.07) is 5.07. The second-order valence-electron chi connectivity index (χ2n) is 6.68. The molecule has 0 aliphatic heterocycles. The number of nitrogens with two attached hydrogens (primary N) is 1. The number of benzene rings is 1. The van der Waals surface area contributed by atoms with Gasteiger partial charge in [-0.25, -0.2) is 4.39 Å². The maximum absolute atomic E-state index is 13.3. The summed E-state index contributed by atoms with van der Waals surface area (Å²) in [5, 5.41) is 15.4. The van der Waals surface area contributed by atoms with Gasteiger partial charge in [0.25, 0.3) is 0 Å². The van der Waals surface area contributed by atoms with Crippen LogP contribution < -0.4 is 11.1 Å². The predicted molar refractivity (Wildman–Crippen MR) is 77.3 cm³/mol. The summed E-state index contributed by atoms with van der Waals surface area (Å²) in [5.74, 6) is 3.15. The number of fused-ring (bicyclic) bond motifs is 5. The normalized spacial score (nSPS) is 36.8.